The summed E-state index contributed by atoms with van der Waals surface area (Å²) in [4.78, 5) is 13.1. The molecule has 0 bridgehead atoms. The van der Waals surface area contributed by atoms with Crippen LogP contribution in [-0.4, -0.2) is 67.7 Å². The van der Waals surface area contributed by atoms with Gasteiger partial charge in [0.25, 0.3) is 0 Å². The lowest BCUT2D eigenvalue weighted by Gasteiger charge is -2.44. The van der Waals surface area contributed by atoms with Crippen molar-refractivity contribution in [3.8, 4) is 0 Å². The number of nitrogens with zero attached hydrogens (tertiary/aromatic N) is 4. The van der Waals surface area contributed by atoms with Crippen molar-refractivity contribution in [3.05, 3.63) is 47.3 Å². The van der Waals surface area contributed by atoms with E-state index in [9.17, 15) is 4.39 Å². The second-order valence-electron chi connectivity index (χ2n) is 15.5. The number of halogens is 2. The maximum Gasteiger partial charge on any atom is 0.327 e. The Hall–Kier alpha value is -1.37. The number of nitrogens with two attached hydrogens (primary N) is 1. The Kier molecular flexibility index (Phi) is 10.8. The van der Waals surface area contributed by atoms with Crippen LogP contribution < -0.4 is 5.73 Å². The maximum atomic E-state index is 14.9. The average Bonchev–Trinajstić information content (AvgIpc) is 3.52. The molecular formula is C31H48ClFN5O6PSSi2. The van der Waals surface area contributed by atoms with Crippen molar-refractivity contribution in [2.75, 3.05) is 18.9 Å². The third-order valence-electron chi connectivity index (χ3n) is 10.0. The van der Waals surface area contributed by atoms with Crippen LogP contribution in [0.5, 0.6) is 0 Å². The van der Waals surface area contributed by atoms with E-state index >= 15 is 0 Å². The molecule has 5 rings (SSSR count). The van der Waals surface area contributed by atoms with Crippen molar-refractivity contribution in [1.29, 1.82) is 0 Å². The van der Waals surface area contributed by atoms with Crippen LogP contribution in [0, 0.1) is 5.82 Å². The topological polar surface area (TPSA) is 125 Å². The molecule has 17 heteroatoms. The number of anilines is 1. The SMILES string of the molecule is CC(C)(C)[Si](C)(C)O[C@@H]1[C@H](O[Si](C)(C)C(C)(C)C)[C@@H](COP2(=S)OCC[C@H](c3ccc(Cl)cc3F)O2)O[C@H]1n1cnc2c(N)ncnc21. The molecule has 0 aliphatic carbocycles. The van der Waals surface area contributed by atoms with Crippen molar-refractivity contribution in [2.24, 2.45) is 0 Å². The number of benzene rings is 1. The predicted octanol–water partition coefficient (Wildman–Crippen LogP) is 8.30. The van der Waals surface area contributed by atoms with Crippen molar-refractivity contribution in [1.82, 2.24) is 19.5 Å². The minimum Gasteiger partial charge on any atom is -0.408 e. The van der Waals surface area contributed by atoms with Crippen LogP contribution in [0.3, 0.4) is 0 Å². The van der Waals surface area contributed by atoms with Crippen LogP contribution >= 0.6 is 18.3 Å². The first-order valence-electron chi connectivity index (χ1n) is 16.1. The molecule has 0 saturated carbocycles. The number of hydrogen-bond donors (Lipinski definition) is 1. The lowest BCUT2D eigenvalue weighted by atomic mass is 10.1. The number of hydrogen-bond acceptors (Lipinski definition) is 11. The summed E-state index contributed by atoms with van der Waals surface area (Å²) in [5, 5.41) is 0.0801. The molecule has 2 aromatic heterocycles. The van der Waals surface area contributed by atoms with Gasteiger partial charge in [0, 0.05) is 17.0 Å². The highest BCUT2D eigenvalue weighted by Crippen LogP contribution is 2.58. The maximum absolute atomic E-state index is 14.9. The van der Waals surface area contributed by atoms with Crippen molar-refractivity contribution >= 4 is 63.7 Å². The normalized spacial score (nSPS) is 27.5. The highest BCUT2D eigenvalue weighted by molar-refractivity contribution is 8.07. The molecule has 4 heterocycles. The van der Waals surface area contributed by atoms with E-state index in [2.05, 4.69) is 82.7 Å². The fourth-order valence-corrected chi connectivity index (χ4v) is 10.0. The predicted molar refractivity (Wildman–Crippen MR) is 194 cm³/mol. The molecule has 1 unspecified atom stereocenters. The number of aromatic nitrogens is 4. The Balaban J connectivity index is 1.51. The summed E-state index contributed by atoms with van der Waals surface area (Å²) in [5.41, 5.74) is 7.50. The van der Waals surface area contributed by atoms with E-state index in [-0.39, 0.29) is 29.1 Å². The van der Waals surface area contributed by atoms with Gasteiger partial charge in [0.05, 0.1) is 25.6 Å². The molecule has 6 atom stereocenters. The van der Waals surface area contributed by atoms with Crippen LogP contribution in [0.2, 0.25) is 41.3 Å². The molecule has 0 radical (unpaired) electrons. The summed E-state index contributed by atoms with van der Waals surface area (Å²) >= 11 is 11.8. The van der Waals surface area contributed by atoms with Gasteiger partial charge in [0.1, 0.15) is 36.0 Å². The molecule has 2 fully saturated rings. The Morgan fingerprint density at radius 2 is 1.69 bits per heavy atom. The van der Waals surface area contributed by atoms with Crippen LogP contribution in [0.25, 0.3) is 11.2 Å². The summed E-state index contributed by atoms with van der Waals surface area (Å²) < 4.78 is 56.4. The van der Waals surface area contributed by atoms with Crippen molar-refractivity contribution < 1.29 is 31.6 Å². The van der Waals surface area contributed by atoms with E-state index in [0.717, 1.165) is 0 Å². The van der Waals surface area contributed by atoms with E-state index in [1.165, 1.54) is 12.4 Å². The number of nitrogen functional groups attached to an aromatic ring is 1. The molecule has 2 aliphatic heterocycles. The zero-order chi connectivity index (χ0) is 35.4. The standard InChI is InChI=1S/C31H48ClFN5O6PSSi2/c1-30(2,3)47(7,8)43-25-23(16-40-45(46)39-14-13-22(42-45)20-12-11-19(32)15-21(20)33)41-29(26(25)44-48(9,10)31(4,5)6)38-18-37-24-27(34)35-17-36-28(24)38/h11-12,15,17-18,22-23,25-26,29H,13-14,16H2,1-10H3,(H2,34,35,36)/t22-,23-,25-,26-,29-,45?/m1/s1. The lowest BCUT2D eigenvalue weighted by molar-refractivity contribution is -0.0515. The molecule has 2 aliphatic rings. The van der Waals surface area contributed by atoms with Crippen LogP contribution in [0.1, 0.15) is 65.9 Å². The van der Waals surface area contributed by atoms with Crippen molar-refractivity contribution in [3.63, 3.8) is 0 Å². The Morgan fingerprint density at radius 1 is 1.04 bits per heavy atom. The van der Waals surface area contributed by atoms with Gasteiger partial charge in [-0.15, -0.1) is 0 Å². The molecule has 2 N–H and O–H groups in total. The van der Waals surface area contributed by atoms with Gasteiger partial charge in [0.15, 0.2) is 34.3 Å². The minimum absolute atomic E-state index is 0.00992. The minimum atomic E-state index is -3.32. The first-order valence-corrected chi connectivity index (χ1v) is 24.8. The van der Waals surface area contributed by atoms with E-state index in [1.807, 2.05) is 4.57 Å². The zero-order valence-corrected chi connectivity index (χ0v) is 33.8. The third-order valence-corrected chi connectivity index (χ3v) is 21.6. The highest BCUT2D eigenvalue weighted by atomic mass is 35.5. The number of rotatable bonds is 9. The largest absolute Gasteiger partial charge is 0.408 e. The van der Waals surface area contributed by atoms with Crippen LogP contribution in [0.4, 0.5) is 10.2 Å². The molecule has 48 heavy (non-hydrogen) atoms. The zero-order valence-electron chi connectivity index (χ0n) is 29.3. The Bertz CT molecular complexity index is 1690. The number of fused-ring (bicyclic) bond motifs is 1. The van der Waals surface area contributed by atoms with Gasteiger partial charge in [-0.05, 0) is 60.2 Å². The van der Waals surface area contributed by atoms with Crippen LogP contribution in [0.15, 0.2) is 30.9 Å². The van der Waals surface area contributed by atoms with E-state index in [1.54, 1.807) is 18.5 Å². The van der Waals surface area contributed by atoms with E-state index in [4.69, 9.17) is 56.3 Å². The number of ether oxygens (including phenoxy) is 1. The summed E-state index contributed by atoms with van der Waals surface area (Å²) in [6.07, 6.45) is 0.372. The van der Waals surface area contributed by atoms with E-state index < -0.39 is 59.8 Å². The summed E-state index contributed by atoms with van der Waals surface area (Å²) in [6.45, 7) is 18.9. The van der Waals surface area contributed by atoms with Crippen molar-refractivity contribution in [2.45, 2.75) is 115 Å². The Labute approximate surface area is 294 Å². The van der Waals surface area contributed by atoms with Gasteiger partial charge in [-0.3, -0.25) is 4.57 Å². The quantitative estimate of drug-likeness (QED) is 0.167. The molecule has 1 aromatic carbocycles. The fraction of sp³-hybridized carbons (Fsp3) is 0.645. The van der Waals surface area contributed by atoms with Gasteiger partial charge in [-0.25, -0.2) is 19.3 Å². The summed E-state index contributed by atoms with van der Waals surface area (Å²) in [6, 6.07) is 4.49. The van der Waals surface area contributed by atoms with Gasteiger partial charge in [-0.1, -0.05) is 59.2 Å². The van der Waals surface area contributed by atoms with E-state index in [0.29, 0.717) is 28.2 Å². The lowest BCUT2D eigenvalue weighted by Crippen LogP contribution is -2.54. The monoisotopic (exact) mass is 759 g/mol. The fourth-order valence-electron chi connectivity index (χ4n) is 5.14. The first kappa shape index (κ1) is 37.9. The molecule has 266 valence electrons. The number of imidazole rings is 1. The summed E-state index contributed by atoms with van der Waals surface area (Å²) in [7, 11) is -4.81. The Morgan fingerprint density at radius 3 is 2.31 bits per heavy atom. The molecule has 0 amide bonds. The molecule has 0 spiro atoms. The molecule has 11 nitrogen and oxygen atoms in total. The average molecular weight is 760 g/mol. The van der Waals surface area contributed by atoms with Gasteiger partial charge >= 0.3 is 6.72 Å². The van der Waals surface area contributed by atoms with Gasteiger partial charge in [0.2, 0.25) is 0 Å². The first-order chi connectivity index (χ1) is 22.1. The van der Waals surface area contributed by atoms with Gasteiger partial charge in [-0.2, -0.15) is 0 Å². The second kappa shape index (κ2) is 13.6. The molecular weight excluding hydrogens is 712 g/mol. The molecule has 3 aromatic rings. The second-order valence-corrected chi connectivity index (χ2v) is 28.4. The highest BCUT2D eigenvalue weighted by Gasteiger charge is 2.55. The van der Waals surface area contributed by atoms with Crippen LogP contribution in [-0.2, 0) is 39.0 Å². The third kappa shape index (κ3) is 7.76. The smallest absolute Gasteiger partial charge is 0.327 e. The summed E-state index contributed by atoms with van der Waals surface area (Å²) in [5.74, 6) is -0.202. The van der Waals surface area contributed by atoms with Gasteiger partial charge < -0.3 is 32.9 Å². The molecule has 2 saturated heterocycles.